The molecule has 20 aromatic rings. The SMILES string of the molecule is c1ccc2c(c1)Cc1cc3c4c(c1-2)Cc1ccc2c(c1N4c1cccnc1C3)-c1ccccc1C2.c1ccc2c(c1)Cc1cc3c4c(c1-2)Cc1ccc2c(c1N4c1ccncc1C3)-c1ccccc1C2.c1ccc2c(c1)Cc1cc3c4c(c1-2)Cc1ccc2c(c1N4c1cnccc1C3)-c1ccccc1C2.c1ccc2c(c1)Cc1cc3c4c(c1-2)Cc1ccc2c(c1N4c1ncccc1C3)-c1ccccc1C2. The lowest BCUT2D eigenvalue weighted by Gasteiger charge is -2.41. The maximum Gasteiger partial charge on any atom is 0.141 e. The zero-order valence-electron chi connectivity index (χ0n) is 77.2. The minimum atomic E-state index is 0.902. The molecule has 0 spiro atoms. The molecule has 0 fully saturated rings. The molecule has 0 saturated heterocycles. The van der Waals surface area contributed by atoms with Gasteiger partial charge in [0.25, 0.3) is 0 Å². The number of nitrogens with zero attached hydrogens (tertiary/aromatic N) is 8. The van der Waals surface area contributed by atoms with Crippen LogP contribution in [0.25, 0.3) is 89.0 Å². The number of fused-ring (bicyclic) bond motifs is 48. The normalized spacial score (nSPS) is 14.9. The number of benzene rings is 16. The second-order valence-corrected chi connectivity index (χ2v) is 41.4. The summed E-state index contributed by atoms with van der Waals surface area (Å²) in [7, 11) is 0. The average molecular weight is 1790 g/mol. The highest BCUT2D eigenvalue weighted by molar-refractivity contribution is 6.08. The first-order chi connectivity index (χ1) is 69.4. The third kappa shape index (κ3) is 10.6. The van der Waals surface area contributed by atoms with Gasteiger partial charge in [-0.2, -0.15) is 0 Å². The predicted molar refractivity (Wildman–Crippen MR) is 564 cm³/mol. The van der Waals surface area contributed by atoms with Crippen molar-refractivity contribution in [3.63, 3.8) is 0 Å². The van der Waals surface area contributed by atoms with E-state index < -0.39 is 0 Å². The molecule has 656 valence electrons. The molecule has 36 rings (SSSR count). The lowest BCUT2D eigenvalue weighted by molar-refractivity contribution is 0.968. The number of pyridine rings is 4. The van der Waals surface area contributed by atoms with E-state index in [9.17, 15) is 0 Å². The Kier molecular flexibility index (Phi) is 15.6. The molecule has 0 radical (unpaired) electrons. The van der Waals surface area contributed by atoms with E-state index in [1.165, 1.54) is 330 Å². The summed E-state index contributed by atoms with van der Waals surface area (Å²) in [6.07, 6.45) is 27.9. The van der Waals surface area contributed by atoms with Gasteiger partial charge in [0.1, 0.15) is 5.82 Å². The summed E-state index contributed by atoms with van der Waals surface area (Å²) in [5.74, 6) is 1.10. The van der Waals surface area contributed by atoms with Gasteiger partial charge in [-0.25, -0.2) is 4.98 Å². The van der Waals surface area contributed by atoms with Crippen LogP contribution in [0.2, 0.25) is 0 Å². The Bertz CT molecular complexity index is 8090. The van der Waals surface area contributed by atoms with E-state index in [1.807, 2.05) is 24.8 Å². The Morgan fingerprint density at radius 2 is 0.443 bits per heavy atom. The minimum Gasteiger partial charge on any atom is -0.309 e. The highest BCUT2D eigenvalue weighted by atomic mass is 15.2. The second-order valence-electron chi connectivity index (χ2n) is 41.4. The van der Waals surface area contributed by atoms with Gasteiger partial charge in [0.2, 0.25) is 0 Å². The molecule has 8 nitrogen and oxygen atoms in total. The number of aromatic nitrogens is 4. The van der Waals surface area contributed by atoms with Crippen molar-refractivity contribution in [3.05, 3.63) is 519 Å². The molecule has 8 aliphatic heterocycles. The fourth-order valence-corrected chi connectivity index (χ4v) is 28.8. The van der Waals surface area contributed by atoms with Crippen LogP contribution in [0.3, 0.4) is 0 Å². The van der Waals surface area contributed by atoms with Crippen molar-refractivity contribution in [2.75, 3.05) is 19.6 Å². The predicted octanol–water partition coefficient (Wildman–Crippen LogP) is 30.0. The second kappa shape index (κ2) is 28.5. The average Bonchev–Trinajstić information content (AvgIpc) is 1.50. The van der Waals surface area contributed by atoms with E-state index >= 15 is 0 Å². The van der Waals surface area contributed by atoms with Gasteiger partial charge in [-0.3, -0.25) is 19.9 Å². The largest absolute Gasteiger partial charge is 0.309 e. The molecule has 140 heavy (non-hydrogen) atoms. The number of hydrogen-bond acceptors (Lipinski definition) is 8. The van der Waals surface area contributed by atoms with Crippen LogP contribution >= 0.6 is 0 Å². The van der Waals surface area contributed by atoms with Crippen LogP contribution < -0.4 is 19.6 Å². The maximum atomic E-state index is 4.99. The van der Waals surface area contributed by atoms with Crippen LogP contribution in [0, 0.1) is 0 Å². The van der Waals surface area contributed by atoms with Crippen molar-refractivity contribution in [1.82, 2.24) is 19.9 Å². The van der Waals surface area contributed by atoms with Gasteiger partial charge < -0.3 is 14.7 Å². The molecule has 16 aromatic carbocycles. The molecule has 16 aliphatic rings. The highest BCUT2D eigenvalue weighted by Gasteiger charge is 2.47. The highest BCUT2D eigenvalue weighted by Crippen LogP contribution is 2.66. The molecule has 0 unspecified atom stereocenters. The third-order valence-electron chi connectivity index (χ3n) is 34.2. The third-order valence-corrected chi connectivity index (χ3v) is 34.2. The zero-order valence-corrected chi connectivity index (χ0v) is 77.2. The molecular weight excluding hydrogens is 1700 g/mol. The molecule has 0 amide bonds. The van der Waals surface area contributed by atoms with E-state index in [0.29, 0.717) is 0 Å². The first-order valence-corrected chi connectivity index (χ1v) is 50.3. The fraction of sp³-hybridized carbons (Fsp3) is 0.121. The summed E-state index contributed by atoms with van der Waals surface area (Å²) in [5.41, 5.74) is 83.7. The Morgan fingerprint density at radius 3 is 0.850 bits per heavy atom. The minimum absolute atomic E-state index is 0.902. The monoisotopic (exact) mass is 1780 g/mol. The quantitative estimate of drug-likeness (QED) is 0.149. The van der Waals surface area contributed by atoms with Gasteiger partial charge in [-0.15, -0.1) is 0 Å². The van der Waals surface area contributed by atoms with E-state index in [2.05, 4.69) is 345 Å². The van der Waals surface area contributed by atoms with Gasteiger partial charge in [0.05, 0.1) is 74.5 Å². The Labute approximate surface area is 812 Å². The topological polar surface area (TPSA) is 64.5 Å². The maximum absolute atomic E-state index is 4.99. The fourth-order valence-electron chi connectivity index (χ4n) is 28.8. The van der Waals surface area contributed by atoms with E-state index in [4.69, 9.17) is 9.97 Å². The van der Waals surface area contributed by atoms with Gasteiger partial charge >= 0.3 is 0 Å². The molecule has 8 aliphatic carbocycles. The Balaban J connectivity index is 0.0000000829. The van der Waals surface area contributed by atoms with Gasteiger partial charge in [-0.05, 0) is 321 Å². The van der Waals surface area contributed by atoms with Gasteiger partial charge in [0, 0.05) is 105 Å². The summed E-state index contributed by atoms with van der Waals surface area (Å²) in [6, 6.07) is 114. The van der Waals surface area contributed by atoms with Crippen LogP contribution in [0.15, 0.2) is 340 Å². The number of anilines is 12. The van der Waals surface area contributed by atoms with E-state index in [-0.39, 0.29) is 0 Å². The smallest absolute Gasteiger partial charge is 0.141 e. The number of rotatable bonds is 0. The van der Waals surface area contributed by atoms with Crippen molar-refractivity contribution in [2.24, 2.45) is 0 Å². The zero-order chi connectivity index (χ0) is 90.7. The van der Waals surface area contributed by atoms with Crippen LogP contribution in [0.1, 0.15) is 178 Å². The van der Waals surface area contributed by atoms with Crippen molar-refractivity contribution in [3.8, 4) is 89.0 Å². The molecule has 4 aromatic heterocycles. The summed E-state index contributed by atoms with van der Waals surface area (Å²) in [6.45, 7) is 0. The van der Waals surface area contributed by atoms with Crippen LogP contribution in [-0.2, 0) is 103 Å². The molecule has 12 heterocycles. The van der Waals surface area contributed by atoms with Gasteiger partial charge in [-0.1, -0.05) is 273 Å². The van der Waals surface area contributed by atoms with Crippen molar-refractivity contribution >= 4 is 68.4 Å². The first kappa shape index (κ1) is 76.5. The Hall–Kier alpha value is -16.7. The molecule has 0 bridgehead atoms. The molecular formula is C132H88N8. The van der Waals surface area contributed by atoms with Gasteiger partial charge in [0.15, 0.2) is 0 Å². The lowest BCUT2D eigenvalue weighted by Crippen LogP contribution is -2.27. The van der Waals surface area contributed by atoms with Crippen molar-refractivity contribution in [1.29, 1.82) is 0 Å². The summed E-state index contributed by atoms with van der Waals surface area (Å²) >= 11 is 0. The van der Waals surface area contributed by atoms with Crippen LogP contribution in [0.5, 0.6) is 0 Å². The Morgan fingerprint density at radius 1 is 0.157 bits per heavy atom. The van der Waals surface area contributed by atoms with Crippen molar-refractivity contribution < 1.29 is 0 Å². The molecule has 0 saturated carbocycles. The standard InChI is InChI=1S/4C33H22N2/c1-3-9-26-20(7-1)15-24-17-25-16-23-8-5-13-34-33(23)35-31(25)28(29(24)26)18-22-12-11-21-14-19-6-2-4-10-27(19)30(21)32(22)35;1-3-8-25-20(7-1)15-23-16-24-18-28-29(10-5-13-34-28)35-32(24)27(30(23)25)17-22-12-11-21-14-19-6-2-4-9-26(19)31(21)33(22)35;1-3-7-26-20(6-1)14-24-16-25-15-21-11-12-34-18-29(21)35-32(25)28(30(24)26)17-23-10-9-22-13-19-5-2-4-8-27(19)31(22)33(23)35;1-3-7-26-20(6-1)14-23-15-24-16-25-18-34-12-11-29(25)35-32(24)28(30(23)26)17-22-10-9-21-13-19-5-2-4-8-27(19)31(21)33(22)35/h1-13,17H,14-16,18H2;1-13,16H,14-15,17-18H2;1-12,16,18H,13-15,17H2;1-12,15,18H,13-14,16-17H2. The molecule has 8 heteroatoms. The summed E-state index contributed by atoms with van der Waals surface area (Å²) < 4.78 is 0. The lowest BCUT2D eigenvalue weighted by atomic mass is 9.81. The van der Waals surface area contributed by atoms with Crippen molar-refractivity contribution in [2.45, 2.75) is 103 Å². The summed E-state index contributed by atoms with van der Waals surface area (Å²) in [5, 5.41) is 0. The van der Waals surface area contributed by atoms with E-state index in [0.717, 1.165) is 109 Å². The number of hydrogen-bond donors (Lipinski definition) is 0. The first-order valence-electron chi connectivity index (χ1n) is 50.3. The van der Waals surface area contributed by atoms with Crippen LogP contribution in [-0.4, -0.2) is 19.9 Å². The molecule has 0 atom stereocenters. The molecule has 0 N–H and O–H groups in total. The van der Waals surface area contributed by atoms with E-state index in [1.54, 1.807) is 0 Å². The summed E-state index contributed by atoms with van der Waals surface area (Å²) in [4.78, 5) is 29.3. The van der Waals surface area contributed by atoms with Crippen LogP contribution in [0.4, 0.5) is 68.4 Å².